The van der Waals surface area contributed by atoms with Crippen LogP contribution in [0, 0.1) is 0 Å². The molecule has 0 aliphatic carbocycles. The Labute approximate surface area is 116 Å². The van der Waals surface area contributed by atoms with Crippen molar-refractivity contribution >= 4 is 11.7 Å². The first kappa shape index (κ1) is 13.8. The fraction of sp³-hybridized carbons (Fsp3) is 0.214. The Morgan fingerprint density at radius 2 is 2.00 bits per heavy atom. The summed E-state index contributed by atoms with van der Waals surface area (Å²) < 4.78 is 10.2. The molecule has 0 saturated heterocycles. The SMILES string of the molecule is COc1cc(NC(=O)Cc2ccccc2OC)ncn1. The molecule has 0 atom stereocenters. The topological polar surface area (TPSA) is 73.3 Å². The second kappa shape index (κ2) is 6.51. The van der Waals surface area contributed by atoms with Gasteiger partial charge in [0.2, 0.25) is 11.8 Å². The highest BCUT2D eigenvalue weighted by Crippen LogP contribution is 2.18. The number of para-hydroxylation sites is 1. The number of aromatic nitrogens is 2. The van der Waals surface area contributed by atoms with E-state index >= 15 is 0 Å². The maximum absolute atomic E-state index is 12.0. The maximum atomic E-state index is 12.0. The van der Waals surface area contributed by atoms with Crippen molar-refractivity contribution in [2.24, 2.45) is 0 Å². The third-order valence-electron chi connectivity index (χ3n) is 2.66. The number of methoxy groups -OCH3 is 2. The number of carbonyl (C=O) groups excluding carboxylic acids is 1. The van der Waals surface area contributed by atoms with Gasteiger partial charge in [-0.1, -0.05) is 18.2 Å². The quantitative estimate of drug-likeness (QED) is 0.897. The standard InChI is InChI=1S/C14H15N3O3/c1-19-11-6-4-3-5-10(11)7-13(18)17-12-8-14(20-2)16-9-15-12/h3-6,8-9H,7H2,1-2H3,(H,15,16,17,18). The van der Waals surface area contributed by atoms with Crippen molar-refractivity contribution < 1.29 is 14.3 Å². The number of carbonyl (C=O) groups is 1. The van der Waals surface area contributed by atoms with Gasteiger partial charge >= 0.3 is 0 Å². The van der Waals surface area contributed by atoms with Gasteiger partial charge in [0.05, 0.1) is 20.6 Å². The molecule has 6 nitrogen and oxygen atoms in total. The highest BCUT2D eigenvalue weighted by molar-refractivity contribution is 5.91. The van der Waals surface area contributed by atoms with Crippen molar-refractivity contribution in [2.45, 2.75) is 6.42 Å². The van der Waals surface area contributed by atoms with Crippen molar-refractivity contribution in [3.8, 4) is 11.6 Å². The van der Waals surface area contributed by atoms with Crippen LogP contribution in [0.2, 0.25) is 0 Å². The lowest BCUT2D eigenvalue weighted by Crippen LogP contribution is -2.16. The van der Waals surface area contributed by atoms with Crippen LogP contribution in [0.1, 0.15) is 5.56 Å². The zero-order chi connectivity index (χ0) is 14.4. The number of hydrogen-bond acceptors (Lipinski definition) is 5. The number of nitrogens with one attached hydrogen (secondary N) is 1. The van der Waals surface area contributed by atoms with Gasteiger partial charge in [-0.05, 0) is 6.07 Å². The molecule has 0 bridgehead atoms. The monoisotopic (exact) mass is 273 g/mol. The van der Waals surface area contributed by atoms with E-state index < -0.39 is 0 Å². The van der Waals surface area contributed by atoms with Gasteiger partial charge < -0.3 is 14.8 Å². The van der Waals surface area contributed by atoms with Gasteiger partial charge in [-0.25, -0.2) is 9.97 Å². The first-order valence-electron chi connectivity index (χ1n) is 6.00. The van der Waals surface area contributed by atoms with Gasteiger partial charge in [-0.3, -0.25) is 4.79 Å². The molecule has 0 saturated carbocycles. The van der Waals surface area contributed by atoms with Gasteiger partial charge in [0, 0.05) is 11.6 Å². The van der Waals surface area contributed by atoms with Gasteiger partial charge in [0.1, 0.15) is 17.9 Å². The summed E-state index contributed by atoms with van der Waals surface area (Å²) in [6, 6.07) is 8.93. The summed E-state index contributed by atoms with van der Waals surface area (Å²) in [7, 11) is 3.08. The molecule has 0 aliphatic rings. The summed E-state index contributed by atoms with van der Waals surface area (Å²) in [6.45, 7) is 0. The predicted octanol–water partition coefficient (Wildman–Crippen LogP) is 1.67. The van der Waals surface area contributed by atoms with Gasteiger partial charge in [0.15, 0.2) is 0 Å². The molecule has 104 valence electrons. The lowest BCUT2D eigenvalue weighted by atomic mass is 10.1. The van der Waals surface area contributed by atoms with Crippen molar-refractivity contribution in [3.63, 3.8) is 0 Å². The first-order chi connectivity index (χ1) is 9.72. The molecule has 20 heavy (non-hydrogen) atoms. The average Bonchev–Trinajstić information content (AvgIpc) is 2.48. The molecule has 1 aromatic carbocycles. The lowest BCUT2D eigenvalue weighted by molar-refractivity contribution is -0.115. The average molecular weight is 273 g/mol. The number of rotatable bonds is 5. The van der Waals surface area contributed by atoms with Crippen molar-refractivity contribution in [2.75, 3.05) is 19.5 Å². The Morgan fingerprint density at radius 1 is 1.20 bits per heavy atom. The number of nitrogens with zero attached hydrogens (tertiary/aromatic N) is 2. The van der Waals surface area contributed by atoms with Gasteiger partial charge in [-0.15, -0.1) is 0 Å². The van der Waals surface area contributed by atoms with E-state index in [4.69, 9.17) is 9.47 Å². The molecule has 2 rings (SSSR count). The third-order valence-corrected chi connectivity index (χ3v) is 2.66. The smallest absolute Gasteiger partial charge is 0.230 e. The Balaban J connectivity index is 2.05. The summed E-state index contributed by atoms with van der Waals surface area (Å²) in [5.41, 5.74) is 0.813. The fourth-order valence-electron chi connectivity index (χ4n) is 1.73. The summed E-state index contributed by atoms with van der Waals surface area (Å²) in [6.07, 6.45) is 1.54. The van der Waals surface area contributed by atoms with Crippen LogP contribution in [0.3, 0.4) is 0 Å². The molecule has 0 fully saturated rings. The van der Waals surface area contributed by atoms with Crippen LogP contribution in [-0.2, 0) is 11.2 Å². The van der Waals surface area contributed by atoms with Crippen LogP contribution < -0.4 is 14.8 Å². The van der Waals surface area contributed by atoms with Crippen LogP contribution >= 0.6 is 0 Å². The van der Waals surface area contributed by atoms with Crippen molar-refractivity contribution in [1.29, 1.82) is 0 Å². The van der Waals surface area contributed by atoms with E-state index in [9.17, 15) is 4.79 Å². The lowest BCUT2D eigenvalue weighted by Gasteiger charge is -2.08. The van der Waals surface area contributed by atoms with E-state index in [0.29, 0.717) is 17.4 Å². The number of benzene rings is 1. The molecular formula is C14H15N3O3. The number of anilines is 1. The minimum Gasteiger partial charge on any atom is -0.496 e. The largest absolute Gasteiger partial charge is 0.496 e. The van der Waals surface area contributed by atoms with Crippen LogP contribution in [0.15, 0.2) is 36.7 Å². The van der Waals surface area contributed by atoms with E-state index in [1.54, 1.807) is 13.2 Å². The molecular weight excluding hydrogens is 258 g/mol. The van der Waals surface area contributed by atoms with Crippen LogP contribution in [0.5, 0.6) is 11.6 Å². The minimum absolute atomic E-state index is 0.185. The van der Waals surface area contributed by atoms with E-state index in [-0.39, 0.29) is 12.3 Å². The molecule has 1 aromatic heterocycles. The van der Waals surface area contributed by atoms with Gasteiger partial charge in [0.25, 0.3) is 0 Å². The first-order valence-corrected chi connectivity index (χ1v) is 6.00. The Kier molecular flexibility index (Phi) is 4.49. The predicted molar refractivity (Wildman–Crippen MR) is 73.9 cm³/mol. The zero-order valence-corrected chi connectivity index (χ0v) is 11.3. The molecule has 2 aromatic rings. The molecule has 1 N–H and O–H groups in total. The number of hydrogen-bond donors (Lipinski definition) is 1. The van der Waals surface area contributed by atoms with E-state index in [0.717, 1.165) is 5.56 Å². The molecule has 0 radical (unpaired) electrons. The molecule has 6 heteroatoms. The third kappa shape index (κ3) is 3.44. The Hall–Kier alpha value is -2.63. The second-order valence-electron chi connectivity index (χ2n) is 3.98. The molecule has 0 spiro atoms. The minimum atomic E-state index is -0.185. The Bertz CT molecular complexity index is 602. The highest BCUT2D eigenvalue weighted by atomic mass is 16.5. The molecule has 1 heterocycles. The van der Waals surface area contributed by atoms with Crippen molar-refractivity contribution in [1.82, 2.24) is 9.97 Å². The second-order valence-corrected chi connectivity index (χ2v) is 3.98. The summed E-state index contributed by atoms with van der Waals surface area (Å²) >= 11 is 0. The van der Waals surface area contributed by atoms with Gasteiger partial charge in [-0.2, -0.15) is 0 Å². The van der Waals surface area contributed by atoms with Crippen LogP contribution in [-0.4, -0.2) is 30.1 Å². The number of amides is 1. The summed E-state index contributed by atoms with van der Waals surface area (Å²) in [4.78, 5) is 19.8. The zero-order valence-electron chi connectivity index (χ0n) is 11.3. The van der Waals surface area contributed by atoms with Crippen LogP contribution in [0.4, 0.5) is 5.82 Å². The normalized spacial score (nSPS) is 9.90. The maximum Gasteiger partial charge on any atom is 0.230 e. The van der Waals surface area contributed by atoms with E-state index in [1.807, 2.05) is 24.3 Å². The van der Waals surface area contributed by atoms with E-state index in [2.05, 4.69) is 15.3 Å². The molecule has 0 unspecified atom stereocenters. The van der Waals surface area contributed by atoms with E-state index in [1.165, 1.54) is 13.4 Å². The van der Waals surface area contributed by atoms with Crippen LogP contribution in [0.25, 0.3) is 0 Å². The molecule has 0 aliphatic heterocycles. The molecule has 1 amide bonds. The Morgan fingerprint density at radius 3 is 2.75 bits per heavy atom. The van der Waals surface area contributed by atoms with Crippen molar-refractivity contribution in [3.05, 3.63) is 42.2 Å². The fourth-order valence-corrected chi connectivity index (χ4v) is 1.73. The summed E-state index contributed by atoms with van der Waals surface area (Å²) in [5, 5.41) is 2.69. The summed E-state index contributed by atoms with van der Waals surface area (Å²) in [5.74, 6) is 1.29. The number of ether oxygens (including phenoxy) is 2. The highest BCUT2D eigenvalue weighted by Gasteiger charge is 2.09.